The van der Waals surface area contributed by atoms with Gasteiger partial charge in [-0.15, -0.1) is 0 Å². The minimum atomic E-state index is -0.247. The monoisotopic (exact) mass is 549 g/mol. The average Bonchev–Trinajstić information content (AvgIpc) is 3.50. The predicted octanol–water partition coefficient (Wildman–Crippen LogP) is 6.95. The van der Waals surface area contributed by atoms with E-state index in [0.717, 1.165) is 22.8 Å². The normalized spacial score (nSPS) is 17.2. The highest BCUT2D eigenvalue weighted by Gasteiger charge is 2.42. The van der Waals surface area contributed by atoms with Crippen LogP contribution in [0.2, 0.25) is 10.0 Å². The molecule has 2 atom stereocenters. The van der Waals surface area contributed by atoms with Crippen LogP contribution >= 0.6 is 35.4 Å². The van der Waals surface area contributed by atoms with Crippen molar-refractivity contribution in [3.8, 4) is 5.69 Å². The lowest BCUT2D eigenvalue weighted by Gasteiger charge is -2.29. The van der Waals surface area contributed by atoms with Gasteiger partial charge in [0.25, 0.3) is 0 Å². The van der Waals surface area contributed by atoms with Crippen LogP contribution in [0.3, 0.4) is 0 Å². The lowest BCUT2D eigenvalue weighted by atomic mass is 10.0. The number of anilines is 2. The Hall–Kier alpha value is -3.39. The van der Waals surface area contributed by atoms with Gasteiger partial charge in [-0.2, -0.15) is 0 Å². The van der Waals surface area contributed by atoms with Crippen LogP contribution in [0.5, 0.6) is 0 Å². The van der Waals surface area contributed by atoms with E-state index >= 15 is 0 Å². The molecule has 1 aliphatic rings. The SMILES string of the molecule is CC(C)C(=O)Nc1ccc(N2C(=S)N[C@H](c3ccccn3)[C@H]2c2cccn2-c2cccc(Cl)c2)cc1Cl. The van der Waals surface area contributed by atoms with E-state index in [1.54, 1.807) is 6.20 Å². The smallest absolute Gasteiger partial charge is 0.226 e. The number of benzene rings is 2. The second-order valence-corrected chi connectivity index (χ2v) is 10.3. The molecule has 4 aromatic rings. The van der Waals surface area contributed by atoms with Gasteiger partial charge in [0.1, 0.15) is 6.04 Å². The Morgan fingerprint density at radius 1 is 1.03 bits per heavy atom. The van der Waals surface area contributed by atoms with Crippen molar-refractivity contribution in [2.24, 2.45) is 5.92 Å². The molecule has 0 bridgehead atoms. The van der Waals surface area contributed by atoms with Gasteiger partial charge < -0.3 is 20.1 Å². The van der Waals surface area contributed by atoms with Crippen molar-refractivity contribution in [1.82, 2.24) is 14.9 Å². The third-order valence-electron chi connectivity index (χ3n) is 6.28. The van der Waals surface area contributed by atoms with Gasteiger partial charge >= 0.3 is 0 Å². The summed E-state index contributed by atoms with van der Waals surface area (Å²) in [6, 6.07) is 22.7. The van der Waals surface area contributed by atoms with Gasteiger partial charge in [0, 0.05) is 40.4 Å². The molecule has 1 saturated heterocycles. The second-order valence-electron chi connectivity index (χ2n) is 9.09. The van der Waals surface area contributed by atoms with Crippen LogP contribution in [-0.4, -0.2) is 20.6 Å². The first kappa shape index (κ1) is 25.3. The van der Waals surface area contributed by atoms with Crippen molar-refractivity contribution in [3.05, 3.63) is 107 Å². The van der Waals surface area contributed by atoms with Crippen LogP contribution in [0.1, 0.15) is 37.3 Å². The number of pyridine rings is 1. The molecular weight excluding hydrogens is 525 g/mol. The Balaban J connectivity index is 1.60. The van der Waals surface area contributed by atoms with Gasteiger partial charge in [0.2, 0.25) is 5.91 Å². The number of carbonyl (C=O) groups excluding carboxylic acids is 1. The van der Waals surface area contributed by atoms with Crippen LogP contribution in [-0.2, 0) is 4.79 Å². The number of rotatable bonds is 6. The first-order valence-corrected chi connectivity index (χ1v) is 13.0. The lowest BCUT2D eigenvalue weighted by Crippen LogP contribution is -2.30. The fraction of sp³-hybridized carbons (Fsp3) is 0.179. The van der Waals surface area contributed by atoms with Crippen molar-refractivity contribution in [2.75, 3.05) is 10.2 Å². The molecule has 5 rings (SSSR count). The maximum absolute atomic E-state index is 12.2. The topological polar surface area (TPSA) is 62.2 Å². The highest BCUT2D eigenvalue weighted by molar-refractivity contribution is 7.80. The average molecular weight is 551 g/mol. The summed E-state index contributed by atoms with van der Waals surface area (Å²) in [5, 5.41) is 7.99. The van der Waals surface area contributed by atoms with Gasteiger partial charge in [-0.25, -0.2) is 0 Å². The van der Waals surface area contributed by atoms with Crippen molar-refractivity contribution >= 4 is 57.8 Å². The number of nitrogens with one attached hydrogen (secondary N) is 2. The van der Waals surface area contributed by atoms with Crippen LogP contribution < -0.4 is 15.5 Å². The quantitative estimate of drug-likeness (QED) is 0.255. The summed E-state index contributed by atoms with van der Waals surface area (Å²) in [6.45, 7) is 3.67. The molecule has 37 heavy (non-hydrogen) atoms. The summed E-state index contributed by atoms with van der Waals surface area (Å²) in [5.41, 5.74) is 4.16. The maximum Gasteiger partial charge on any atom is 0.226 e. The second kappa shape index (κ2) is 10.5. The van der Waals surface area contributed by atoms with Gasteiger partial charge in [-0.1, -0.05) is 49.2 Å². The van der Waals surface area contributed by atoms with E-state index in [4.69, 9.17) is 35.4 Å². The predicted molar refractivity (Wildman–Crippen MR) is 154 cm³/mol. The third kappa shape index (κ3) is 5.07. The Morgan fingerprint density at radius 3 is 2.57 bits per heavy atom. The minimum Gasteiger partial charge on any atom is -0.351 e. The van der Waals surface area contributed by atoms with E-state index < -0.39 is 0 Å². The number of thiocarbonyl (C=S) groups is 1. The van der Waals surface area contributed by atoms with Crippen molar-refractivity contribution in [3.63, 3.8) is 0 Å². The molecule has 188 valence electrons. The zero-order valence-electron chi connectivity index (χ0n) is 20.2. The maximum atomic E-state index is 12.2. The molecule has 0 unspecified atom stereocenters. The third-order valence-corrected chi connectivity index (χ3v) is 7.14. The molecule has 1 aliphatic heterocycles. The van der Waals surface area contributed by atoms with Crippen molar-refractivity contribution in [2.45, 2.75) is 25.9 Å². The van der Waals surface area contributed by atoms with Crippen LogP contribution in [0, 0.1) is 5.92 Å². The number of hydrogen-bond acceptors (Lipinski definition) is 3. The van der Waals surface area contributed by atoms with Gasteiger partial charge in [0.15, 0.2) is 5.11 Å². The standard InChI is InChI=1S/C28H25Cl2N5OS/c1-17(2)27(36)32-22-12-11-20(16-21(22)30)35-26(25(33-28(35)37)23-9-3-4-13-31-23)24-10-6-14-34(24)19-8-5-7-18(29)15-19/h3-17,25-26H,1-2H3,(H,32,36)(H,33,37)/t25-,26-/m1/s1. The fourth-order valence-corrected chi connectivity index (χ4v) is 5.21. The van der Waals surface area contributed by atoms with Crippen LogP contribution in [0.25, 0.3) is 5.69 Å². The molecule has 0 saturated carbocycles. The number of amides is 1. The summed E-state index contributed by atoms with van der Waals surface area (Å²) < 4.78 is 2.11. The van der Waals surface area contributed by atoms with Gasteiger partial charge in [-0.05, 0) is 72.9 Å². The Morgan fingerprint density at radius 2 is 1.86 bits per heavy atom. The minimum absolute atomic E-state index is 0.0968. The molecule has 2 N–H and O–H groups in total. The molecule has 2 aromatic carbocycles. The summed E-state index contributed by atoms with van der Waals surface area (Å²) in [4.78, 5) is 18.9. The Kier molecular flexibility index (Phi) is 7.20. The van der Waals surface area contributed by atoms with Gasteiger partial charge in [-0.3, -0.25) is 9.78 Å². The van der Waals surface area contributed by atoms with E-state index in [2.05, 4.69) is 26.3 Å². The molecule has 1 fully saturated rings. The molecule has 0 aliphatic carbocycles. The highest BCUT2D eigenvalue weighted by Crippen LogP contribution is 2.43. The van der Waals surface area contributed by atoms with E-state index in [0.29, 0.717) is 20.8 Å². The Bertz CT molecular complexity index is 1460. The molecule has 6 nitrogen and oxygen atoms in total. The molecule has 0 radical (unpaired) electrons. The number of hydrogen-bond donors (Lipinski definition) is 2. The van der Waals surface area contributed by atoms with E-state index in [1.165, 1.54) is 0 Å². The molecule has 0 spiro atoms. The largest absolute Gasteiger partial charge is 0.351 e. The zero-order valence-corrected chi connectivity index (χ0v) is 22.6. The zero-order chi connectivity index (χ0) is 26.1. The summed E-state index contributed by atoms with van der Waals surface area (Å²) >= 11 is 18.8. The number of nitrogens with zero attached hydrogens (tertiary/aromatic N) is 3. The van der Waals surface area contributed by atoms with Crippen molar-refractivity contribution < 1.29 is 4.79 Å². The summed E-state index contributed by atoms with van der Waals surface area (Å²) in [7, 11) is 0. The summed E-state index contributed by atoms with van der Waals surface area (Å²) in [5.74, 6) is -0.255. The first-order chi connectivity index (χ1) is 17.8. The van der Waals surface area contributed by atoms with Crippen molar-refractivity contribution in [1.29, 1.82) is 0 Å². The molecule has 1 amide bonds. The first-order valence-electron chi connectivity index (χ1n) is 11.9. The lowest BCUT2D eigenvalue weighted by molar-refractivity contribution is -0.118. The molecule has 3 heterocycles. The Labute approximate surface area is 231 Å². The molecule has 9 heteroatoms. The summed E-state index contributed by atoms with van der Waals surface area (Å²) in [6.07, 6.45) is 3.78. The fourth-order valence-electron chi connectivity index (χ4n) is 4.46. The van der Waals surface area contributed by atoms with Crippen LogP contribution in [0.15, 0.2) is 85.2 Å². The molecular formula is C28H25Cl2N5OS. The van der Waals surface area contributed by atoms with E-state index in [9.17, 15) is 4.79 Å². The highest BCUT2D eigenvalue weighted by atomic mass is 35.5. The van der Waals surface area contributed by atoms with E-state index in [-0.39, 0.29) is 23.9 Å². The number of carbonyl (C=O) groups is 1. The van der Waals surface area contributed by atoms with E-state index in [1.807, 2.05) is 91.7 Å². The van der Waals surface area contributed by atoms with Crippen LogP contribution in [0.4, 0.5) is 11.4 Å². The number of aromatic nitrogens is 2. The number of halogens is 2. The van der Waals surface area contributed by atoms with Gasteiger partial charge in [0.05, 0.1) is 22.4 Å². The molecule has 2 aromatic heterocycles.